The molecule has 1 aliphatic rings. The van der Waals surface area contributed by atoms with Crippen molar-refractivity contribution in [3.05, 3.63) is 28.2 Å². The first-order valence-corrected chi connectivity index (χ1v) is 6.73. The van der Waals surface area contributed by atoms with Crippen LogP contribution in [-0.4, -0.2) is 18.4 Å². The van der Waals surface area contributed by atoms with Crippen LogP contribution in [0.2, 0.25) is 0 Å². The minimum Gasteiger partial charge on any atom is -0.368 e. The standard InChI is InChI=1S/C13H13BrF3NO/c1-8-6-10(19)4-5-18(8)9-2-3-12(14)11(7-9)13(15,16)17/h2-3,7-8H,4-6H2,1H3. The summed E-state index contributed by atoms with van der Waals surface area (Å²) < 4.78 is 38.6. The molecule has 1 aliphatic heterocycles. The fraction of sp³-hybridized carbons (Fsp3) is 0.462. The topological polar surface area (TPSA) is 20.3 Å². The Morgan fingerprint density at radius 1 is 1.37 bits per heavy atom. The van der Waals surface area contributed by atoms with E-state index in [2.05, 4.69) is 15.9 Å². The van der Waals surface area contributed by atoms with Crippen LogP contribution in [0.15, 0.2) is 22.7 Å². The Morgan fingerprint density at radius 2 is 2.05 bits per heavy atom. The third kappa shape index (κ3) is 3.11. The molecule has 2 nitrogen and oxygen atoms in total. The molecule has 2 rings (SSSR count). The van der Waals surface area contributed by atoms with Crippen LogP contribution in [0.1, 0.15) is 25.3 Å². The molecule has 0 amide bonds. The van der Waals surface area contributed by atoms with Crippen molar-refractivity contribution in [1.82, 2.24) is 0 Å². The number of ketones is 1. The number of piperidine rings is 1. The summed E-state index contributed by atoms with van der Waals surface area (Å²) in [6.07, 6.45) is -3.61. The zero-order valence-corrected chi connectivity index (χ0v) is 11.9. The van der Waals surface area contributed by atoms with Crippen molar-refractivity contribution in [2.75, 3.05) is 11.4 Å². The summed E-state index contributed by atoms with van der Waals surface area (Å²) in [5.41, 5.74) is -0.176. The van der Waals surface area contributed by atoms with Crippen molar-refractivity contribution >= 4 is 27.4 Å². The van der Waals surface area contributed by atoms with E-state index in [1.165, 1.54) is 6.07 Å². The molecule has 0 spiro atoms. The van der Waals surface area contributed by atoms with Gasteiger partial charge in [0, 0.05) is 35.6 Å². The smallest absolute Gasteiger partial charge is 0.368 e. The van der Waals surface area contributed by atoms with Gasteiger partial charge in [0.25, 0.3) is 0 Å². The molecule has 0 N–H and O–H groups in total. The summed E-state index contributed by atoms with van der Waals surface area (Å²) >= 11 is 2.92. The van der Waals surface area contributed by atoms with E-state index < -0.39 is 11.7 Å². The number of hydrogen-bond donors (Lipinski definition) is 0. The Hall–Kier alpha value is -1.04. The van der Waals surface area contributed by atoms with Gasteiger partial charge in [-0.1, -0.05) is 15.9 Å². The highest BCUT2D eigenvalue weighted by molar-refractivity contribution is 9.10. The highest BCUT2D eigenvalue weighted by Gasteiger charge is 2.34. The van der Waals surface area contributed by atoms with Crippen molar-refractivity contribution in [1.29, 1.82) is 0 Å². The average Bonchev–Trinajstić information content (AvgIpc) is 2.29. The van der Waals surface area contributed by atoms with E-state index in [0.29, 0.717) is 25.1 Å². The van der Waals surface area contributed by atoms with Crippen molar-refractivity contribution < 1.29 is 18.0 Å². The molecule has 1 unspecified atom stereocenters. The highest BCUT2D eigenvalue weighted by atomic mass is 79.9. The molecule has 104 valence electrons. The van der Waals surface area contributed by atoms with Crippen LogP contribution in [0.25, 0.3) is 0 Å². The third-order valence-electron chi connectivity index (χ3n) is 3.27. The Morgan fingerprint density at radius 3 is 2.63 bits per heavy atom. The predicted molar refractivity (Wildman–Crippen MR) is 70.2 cm³/mol. The molecule has 1 saturated heterocycles. The molecule has 1 aromatic rings. The van der Waals surface area contributed by atoms with Gasteiger partial charge in [-0.15, -0.1) is 0 Å². The number of carbonyl (C=O) groups excluding carboxylic acids is 1. The lowest BCUT2D eigenvalue weighted by Gasteiger charge is -2.35. The van der Waals surface area contributed by atoms with E-state index in [0.717, 1.165) is 6.07 Å². The second-order valence-electron chi connectivity index (χ2n) is 4.70. The molecule has 0 aliphatic carbocycles. The molecule has 0 radical (unpaired) electrons. The summed E-state index contributed by atoms with van der Waals surface area (Å²) in [6.45, 7) is 2.32. The minimum atomic E-state index is -4.39. The summed E-state index contributed by atoms with van der Waals surface area (Å²) in [5, 5.41) is 0. The van der Waals surface area contributed by atoms with Crippen LogP contribution in [0.5, 0.6) is 0 Å². The van der Waals surface area contributed by atoms with Gasteiger partial charge >= 0.3 is 6.18 Å². The zero-order valence-electron chi connectivity index (χ0n) is 10.3. The first-order valence-electron chi connectivity index (χ1n) is 5.94. The minimum absolute atomic E-state index is 0.0319. The van der Waals surface area contributed by atoms with Gasteiger partial charge in [-0.05, 0) is 25.1 Å². The second-order valence-corrected chi connectivity index (χ2v) is 5.55. The number of anilines is 1. The van der Waals surface area contributed by atoms with Gasteiger partial charge in [0.15, 0.2) is 0 Å². The summed E-state index contributed by atoms with van der Waals surface area (Å²) in [5.74, 6) is 0.164. The monoisotopic (exact) mass is 335 g/mol. The number of benzene rings is 1. The molecule has 1 fully saturated rings. The second kappa shape index (κ2) is 5.15. The Balaban J connectivity index is 2.33. The van der Waals surface area contributed by atoms with Crippen LogP contribution >= 0.6 is 15.9 Å². The van der Waals surface area contributed by atoms with E-state index in [1.807, 2.05) is 11.8 Å². The van der Waals surface area contributed by atoms with E-state index in [9.17, 15) is 18.0 Å². The maximum atomic E-state index is 12.9. The predicted octanol–water partition coefficient (Wildman–Crippen LogP) is 4.03. The molecule has 0 aromatic heterocycles. The number of alkyl halides is 3. The number of halogens is 4. The fourth-order valence-corrected chi connectivity index (χ4v) is 2.77. The van der Waals surface area contributed by atoms with E-state index in [4.69, 9.17) is 0 Å². The zero-order chi connectivity index (χ0) is 14.2. The SMILES string of the molecule is CC1CC(=O)CCN1c1ccc(Br)c(C(F)(F)F)c1. The Kier molecular flexibility index (Phi) is 3.90. The van der Waals surface area contributed by atoms with Crippen molar-refractivity contribution in [2.24, 2.45) is 0 Å². The molecule has 0 saturated carbocycles. The van der Waals surface area contributed by atoms with Crippen LogP contribution in [0, 0.1) is 0 Å². The third-order valence-corrected chi connectivity index (χ3v) is 3.97. The lowest BCUT2D eigenvalue weighted by Crippen LogP contribution is -2.41. The van der Waals surface area contributed by atoms with Crippen molar-refractivity contribution in [2.45, 2.75) is 32.0 Å². The van der Waals surface area contributed by atoms with Crippen molar-refractivity contribution in [3.8, 4) is 0 Å². The highest BCUT2D eigenvalue weighted by Crippen LogP contribution is 2.37. The molecular weight excluding hydrogens is 323 g/mol. The van der Waals surface area contributed by atoms with E-state index in [-0.39, 0.29) is 16.3 Å². The maximum absolute atomic E-state index is 12.9. The first-order chi connectivity index (χ1) is 8.79. The quantitative estimate of drug-likeness (QED) is 0.772. The van der Waals surface area contributed by atoms with Gasteiger partial charge in [0.2, 0.25) is 0 Å². The lowest BCUT2D eigenvalue weighted by atomic mass is 10.0. The van der Waals surface area contributed by atoms with E-state index in [1.54, 1.807) is 6.07 Å². The van der Waals surface area contributed by atoms with Gasteiger partial charge in [-0.25, -0.2) is 0 Å². The Labute approximate surface area is 117 Å². The van der Waals surface area contributed by atoms with Gasteiger partial charge in [0.05, 0.1) is 5.56 Å². The maximum Gasteiger partial charge on any atom is 0.417 e. The summed E-state index contributed by atoms with van der Waals surface area (Å²) in [7, 11) is 0. The number of carbonyl (C=O) groups is 1. The van der Waals surface area contributed by atoms with Gasteiger partial charge in [-0.3, -0.25) is 4.79 Å². The first kappa shape index (κ1) is 14.4. The largest absolute Gasteiger partial charge is 0.417 e. The molecule has 1 atom stereocenters. The summed E-state index contributed by atoms with van der Waals surface area (Å²) in [4.78, 5) is 13.2. The normalized spacial score (nSPS) is 20.8. The molecular formula is C13H13BrF3NO. The van der Waals surface area contributed by atoms with Gasteiger partial charge < -0.3 is 4.90 Å². The molecule has 19 heavy (non-hydrogen) atoms. The molecule has 1 heterocycles. The van der Waals surface area contributed by atoms with Crippen LogP contribution in [0.4, 0.5) is 18.9 Å². The molecule has 1 aromatic carbocycles. The fourth-order valence-electron chi connectivity index (χ4n) is 2.30. The lowest BCUT2D eigenvalue weighted by molar-refractivity contribution is -0.138. The van der Waals surface area contributed by atoms with E-state index >= 15 is 0 Å². The van der Waals surface area contributed by atoms with Crippen LogP contribution in [0.3, 0.4) is 0 Å². The van der Waals surface area contributed by atoms with Crippen LogP contribution in [-0.2, 0) is 11.0 Å². The number of rotatable bonds is 1. The number of nitrogens with zero attached hydrogens (tertiary/aromatic N) is 1. The number of hydrogen-bond acceptors (Lipinski definition) is 2. The number of Topliss-reactive ketones (excluding diaryl/α,β-unsaturated/α-hetero) is 1. The van der Waals surface area contributed by atoms with Gasteiger partial charge in [-0.2, -0.15) is 13.2 Å². The van der Waals surface area contributed by atoms with Gasteiger partial charge in [0.1, 0.15) is 5.78 Å². The molecule has 0 bridgehead atoms. The molecule has 6 heteroatoms. The van der Waals surface area contributed by atoms with Crippen LogP contribution < -0.4 is 4.90 Å². The van der Waals surface area contributed by atoms with Crippen molar-refractivity contribution in [3.63, 3.8) is 0 Å². The average molecular weight is 336 g/mol. The summed E-state index contributed by atoms with van der Waals surface area (Å²) in [6, 6.07) is 4.12. The Bertz CT molecular complexity index is 501.